The highest BCUT2D eigenvalue weighted by Gasteiger charge is 2.31. The van der Waals surface area contributed by atoms with Crippen LogP contribution in [0.2, 0.25) is 0 Å². The number of halogens is 1. The summed E-state index contributed by atoms with van der Waals surface area (Å²) in [6, 6.07) is 0.211. The van der Waals surface area contributed by atoms with E-state index in [0.717, 1.165) is 24.7 Å². The average Bonchev–Trinajstić information content (AvgIpc) is 2.31. The van der Waals surface area contributed by atoms with Gasteiger partial charge in [0.25, 0.3) is 0 Å². The molecule has 0 aliphatic carbocycles. The van der Waals surface area contributed by atoms with Gasteiger partial charge >= 0.3 is 0 Å². The Labute approximate surface area is 107 Å². The van der Waals surface area contributed by atoms with E-state index in [1.165, 1.54) is 0 Å². The first-order chi connectivity index (χ1) is 7.63. The van der Waals surface area contributed by atoms with Gasteiger partial charge in [0.15, 0.2) is 0 Å². The summed E-state index contributed by atoms with van der Waals surface area (Å²) in [6.45, 7) is 7.60. The highest BCUT2D eigenvalue weighted by atomic mass is 79.9. The number of hydrogen-bond acceptors (Lipinski definition) is 2. The summed E-state index contributed by atoms with van der Waals surface area (Å²) in [6.07, 6.45) is 2.01. The van der Waals surface area contributed by atoms with Crippen molar-refractivity contribution in [2.75, 3.05) is 18.5 Å². The fraction of sp³-hybridized carbons (Fsp3) is 0.917. The zero-order chi connectivity index (χ0) is 12.1. The lowest BCUT2D eigenvalue weighted by molar-refractivity contribution is -0.147. The lowest BCUT2D eigenvalue weighted by Crippen LogP contribution is -2.53. The molecule has 0 N–H and O–H groups in total. The van der Waals surface area contributed by atoms with Gasteiger partial charge in [-0.1, -0.05) is 29.8 Å². The minimum atomic E-state index is 0.148. The molecule has 1 aliphatic heterocycles. The smallest absolute Gasteiger partial charge is 0.226 e. The predicted octanol–water partition coefficient (Wildman–Crippen LogP) is 2.43. The molecule has 2 atom stereocenters. The fourth-order valence-electron chi connectivity index (χ4n) is 2.09. The lowest BCUT2D eigenvalue weighted by atomic mass is 10.00. The predicted molar refractivity (Wildman–Crippen MR) is 68.8 cm³/mol. The highest BCUT2D eigenvalue weighted by molar-refractivity contribution is 9.09. The Kier molecular flexibility index (Phi) is 5.76. The first-order valence-electron chi connectivity index (χ1n) is 6.12. The van der Waals surface area contributed by atoms with Crippen molar-refractivity contribution in [2.45, 2.75) is 45.8 Å². The van der Waals surface area contributed by atoms with Crippen molar-refractivity contribution in [2.24, 2.45) is 5.92 Å². The molecule has 0 saturated carbocycles. The van der Waals surface area contributed by atoms with Crippen LogP contribution in [0.3, 0.4) is 0 Å². The van der Waals surface area contributed by atoms with Gasteiger partial charge < -0.3 is 9.64 Å². The number of morpholine rings is 1. The quantitative estimate of drug-likeness (QED) is 0.745. The second-order valence-corrected chi connectivity index (χ2v) is 5.11. The summed E-state index contributed by atoms with van der Waals surface area (Å²) in [4.78, 5) is 14.3. The number of carbonyl (C=O) groups is 1. The minimum absolute atomic E-state index is 0.148. The van der Waals surface area contributed by atoms with Crippen molar-refractivity contribution in [1.29, 1.82) is 0 Å². The molecule has 1 fully saturated rings. The van der Waals surface area contributed by atoms with E-state index in [9.17, 15) is 4.79 Å². The Balaban J connectivity index is 2.64. The summed E-state index contributed by atoms with van der Waals surface area (Å²) in [5.41, 5.74) is 0. The van der Waals surface area contributed by atoms with E-state index in [2.05, 4.69) is 36.7 Å². The largest absolute Gasteiger partial charge is 0.373 e. The van der Waals surface area contributed by atoms with E-state index in [4.69, 9.17) is 4.74 Å². The number of nitrogens with zero attached hydrogens (tertiary/aromatic N) is 1. The lowest BCUT2D eigenvalue weighted by Gasteiger charge is -2.39. The van der Waals surface area contributed by atoms with Gasteiger partial charge in [0.2, 0.25) is 5.91 Å². The van der Waals surface area contributed by atoms with Crippen LogP contribution >= 0.6 is 15.9 Å². The molecular weight excluding hydrogens is 270 g/mol. The van der Waals surface area contributed by atoms with Crippen molar-refractivity contribution in [3.63, 3.8) is 0 Å². The normalized spacial score (nSPS) is 26.2. The van der Waals surface area contributed by atoms with Gasteiger partial charge in [-0.2, -0.15) is 0 Å². The van der Waals surface area contributed by atoms with Crippen LogP contribution in [0.15, 0.2) is 0 Å². The van der Waals surface area contributed by atoms with Crippen LogP contribution in [0, 0.1) is 5.92 Å². The number of ether oxygens (including phenoxy) is 1. The van der Waals surface area contributed by atoms with Gasteiger partial charge in [0.05, 0.1) is 18.8 Å². The summed E-state index contributed by atoms with van der Waals surface area (Å²) < 4.78 is 5.63. The monoisotopic (exact) mass is 291 g/mol. The Morgan fingerprint density at radius 2 is 2.12 bits per heavy atom. The molecule has 0 aromatic carbocycles. The molecule has 1 rings (SSSR count). The van der Waals surface area contributed by atoms with Gasteiger partial charge in [0, 0.05) is 17.8 Å². The van der Waals surface area contributed by atoms with E-state index in [0.29, 0.717) is 12.5 Å². The summed E-state index contributed by atoms with van der Waals surface area (Å²) >= 11 is 3.42. The standard InChI is InChI=1S/C12H22BrNO2/c1-4-10(5-2)12(15)14-7-11(6-13)16-8-9(14)3/h9-11H,4-8H2,1-3H3. The number of rotatable bonds is 4. The van der Waals surface area contributed by atoms with Crippen molar-refractivity contribution < 1.29 is 9.53 Å². The SMILES string of the molecule is CCC(CC)C(=O)N1CC(CBr)OCC1C. The molecule has 1 aliphatic rings. The zero-order valence-corrected chi connectivity index (χ0v) is 12.0. The fourth-order valence-corrected chi connectivity index (χ4v) is 2.48. The molecule has 0 bridgehead atoms. The van der Waals surface area contributed by atoms with Crippen LogP contribution in [0.5, 0.6) is 0 Å². The van der Waals surface area contributed by atoms with Crippen LogP contribution in [0.25, 0.3) is 0 Å². The molecular formula is C12H22BrNO2. The van der Waals surface area contributed by atoms with Gasteiger partial charge in [0.1, 0.15) is 0 Å². The third-order valence-corrected chi connectivity index (χ3v) is 4.02. The molecule has 1 saturated heterocycles. The molecule has 2 unspecified atom stereocenters. The maximum absolute atomic E-state index is 12.3. The van der Waals surface area contributed by atoms with Crippen LogP contribution in [0.4, 0.5) is 0 Å². The maximum Gasteiger partial charge on any atom is 0.226 e. The Morgan fingerprint density at radius 1 is 1.50 bits per heavy atom. The third-order valence-electron chi connectivity index (χ3n) is 3.30. The zero-order valence-electron chi connectivity index (χ0n) is 10.4. The van der Waals surface area contributed by atoms with Gasteiger partial charge in [-0.3, -0.25) is 4.79 Å². The highest BCUT2D eigenvalue weighted by Crippen LogP contribution is 2.19. The van der Waals surface area contributed by atoms with E-state index in [-0.39, 0.29) is 18.1 Å². The van der Waals surface area contributed by atoms with Crippen LogP contribution in [-0.2, 0) is 9.53 Å². The number of amides is 1. The second kappa shape index (κ2) is 6.60. The maximum atomic E-state index is 12.3. The van der Waals surface area contributed by atoms with E-state index in [1.54, 1.807) is 0 Å². The molecule has 94 valence electrons. The minimum Gasteiger partial charge on any atom is -0.373 e. The van der Waals surface area contributed by atoms with E-state index < -0.39 is 0 Å². The van der Waals surface area contributed by atoms with Crippen molar-refractivity contribution in [3.05, 3.63) is 0 Å². The molecule has 0 aromatic rings. The molecule has 0 aromatic heterocycles. The van der Waals surface area contributed by atoms with E-state index >= 15 is 0 Å². The van der Waals surface area contributed by atoms with Gasteiger partial charge in [-0.15, -0.1) is 0 Å². The van der Waals surface area contributed by atoms with E-state index in [1.807, 2.05) is 4.90 Å². The second-order valence-electron chi connectivity index (χ2n) is 4.46. The van der Waals surface area contributed by atoms with Crippen LogP contribution in [-0.4, -0.2) is 41.4 Å². The Bertz CT molecular complexity index is 231. The van der Waals surface area contributed by atoms with Crippen molar-refractivity contribution >= 4 is 21.8 Å². The average molecular weight is 292 g/mol. The van der Waals surface area contributed by atoms with Gasteiger partial charge in [-0.25, -0.2) is 0 Å². The van der Waals surface area contributed by atoms with Crippen LogP contribution in [0.1, 0.15) is 33.6 Å². The van der Waals surface area contributed by atoms with Crippen molar-refractivity contribution in [3.8, 4) is 0 Å². The summed E-state index contributed by atoms with van der Waals surface area (Å²) in [5, 5.41) is 0.798. The number of carbonyl (C=O) groups excluding carboxylic acids is 1. The first-order valence-corrected chi connectivity index (χ1v) is 7.24. The number of alkyl halides is 1. The Hall–Kier alpha value is -0.0900. The van der Waals surface area contributed by atoms with Crippen LogP contribution < -0.4 is 0 Å². The molecule has 3 nitrogen and oxygen atoms in total. The summed E-state index contributed by atoms with van der Waals surface area (Å²) in [7, 11) is 0. The third kappa shape index (κ3) is 3.20. The van der Waals surface area contributed by atoms with Crippen molar-refractivity contribution in [1.82, 2.24) is 4.90 Å². The first kappa shape index (κ1) is 14.0. The molecule has 0 radical (unpaired) electrons. The summed E-state index contributed by atoms with van der Waals surface area (Å²) in [5.74, 6) is 0.475. The van der Waals surface area contributed by atoms with Gasteiger partial charge in [-0.05, 0) is 19.8 Å². The Morgan fingerprint density at radius 3 is 2.62 bits per heavy atom. The molecule has 4 heteroatoms. The molecule has 1 amide bonds. The molecule has 16 heavy (non-hydrogen) atoms. The topological polar surface area (TPSA) is 29.5 Å². The number of hydrogen-bond donors (Lipinski definition) is 0. The molecule has 0 spiro atoms. The molecule has 1 heterocycles.